The fourth-order valence-electron chi connectivity index (χ4n) is 2.77. The number of hydrogen-bond acceptors (Lipinski definition) is 4. The first kappa shape index (κ1) is 9.61. The third kappa shape index (κ3) is 1.47. The minimum Gasteiger partial charge on any atom is -0.130 e. The molecule has 0 amide bonds. The highest BCUT2D eigenvalue weighted by atomic mass is 32.3. The summed E-state index contributed by atoms with van der Waals surface area (Å²) in [4.78, 5) is 0. The standard InChI is InChI=1S/C9H14S4/c1-7-4-6-10-8(2,12-7)5-9(3,11-6)13-7/h6H,4-5H2,1-3H3/t6?,7?,8-,9+. The van der Waals surface area contributed by atoms with Gasteiger partial charge in [0.15, 0.2) is 0 Å². The van der Waals surface area contributed by atoms with Gasteiger partial charge in [0, 0.05) is 0 Å². The van der Waals surface area contributed by atoms with E-state index in [9.17, 15) is 0 Å². The quantitative estimate of drug-likeness (QED) is 0.631. The summed E-state index contributed by atoms with van der Waals surface area (Å²) >= 11 is 8.88. The van der Waals surface area contributed by atoms with E-state index in [4.69, 9.17) is 0 Å². The van der Waals surface area contributed by atoms with E-state index < -0.39 is 0 Å². The van der Waals surface area contributed by atoms with Crippen LogP contribution in [0.25, 0.3) is 0 Å². The lowest BCUT2D eigenvalue weighted by molar-refractivity contribution is 0.639. The molecule has 0 aromatic heterocycles. The van der Waals surface area contributed by atoms with Crippen LogP contribution in [0.3, 0.4) is 0 Å². The molecule has 4 bridgehead atoms. The molecule has 0 N–H and O–H groups in total. The van der Waals surface area contributed by atoms with Gasteiger partial charge in [-0.2, -0.15) is 0 Å². The van der Waals surface area contributed by atoms with Crippen LogP contribution >= 0.6 is 47.0 Å². The van der Waals surface area contributed by atoms with Crippen LogP contribution in [-0.2, 0) is 0 Å². The number of hydrogen-bond donors (Lipinski definition) is 0. The summed E-state index contributed by atoms with van der Waals surface area (Å²) in [5.41, 5.74) is 0. The highest BCUT2D eigenvalue weighted by Gasteiger charge is 2.61. The highest BCUT2D eigenvalue weighted by Crippen LogP contribution is 2.77. The molecule has 2 unspecified atom stereocenters. The third-order valence-corrected chi connectivity index (χ3v) is 9.45. The molecule has 0 nitrogen and oxygen atoms in total. The maximum Gasteiger partial charge on any atom is 0.0629 e. The zero-order valence-electron chi connectivity index (χ0n) is 8.12. The van der Waals surface area contributed by atoms with Crippen molar-refractivity contribution in [3.8, 4) is 0 Å². The van der Waals surface area contributed by atoms with Crippen molar-refractivity contribution < 1.29 is 0 Å². The number of thioether (sulfide) groups is 4. The van der Waals surface area contributed by atoms with E-state index in [1.807, 2.05) is 0 Å². The molecule has 0 radical (unpaired) electrons. The lowest BCUT2D eigenvalue weighted by Crippen LogP contribution is -2.52. The normalized spacial score (nSPS) is 64.4. The Morgan fingerprint density at radius 2 is 1.46 bits per heavy atom. The van der Waals surface area contributed by atoms with Gasteiger partial charge < -0.3 is 0 Å². The molecule has 4 aliphatic rings. The Balaban J connectivity index is 2.03. The van der Waals surface area contributed by atoms with Crippen LogP contribution in [0.15, 0.2) is 0 Å². The van der Waals surface area contributed by atoms with E-state index in [1.165, 1.54) is 12.8 Å². The van der Waals surface area contributed by atoms with Crippen molar-refractivity contribution in [1.29, 1.82) is 0 Å². The Kier molecular flexibility index (Phi) is 1.89. The van der Waals surface area contributed by atoms with Crippen LogP contribution in [-0.4, -0.2) is 16.8 Å². The van der Waals surface area contributed by atoms with Crippen molar-refractivity contribution in [2.45, 2.75) is 50.4 Å². The predicted octanol–water partition coefficient (Wildman–Crippen LogP) is 4.21. The van der Waals surface area contributed by atoms with Crippen LogP contribution in [0.4, 0.5) is 0 Å². The summed E-state index contributed by atoms with van der Waals surface area (Å²) < 4.78 is 2.42. The molecule has 4 heteroatoms. The second-order valence-corrected chi connectivity index (χ2v) is 13.1. The molecular weight excluding hydrogens is 236 g/mol. The molecule has 0 aromatic carbocycles. The van der Waals surface area contributed by atoms with E-state index >= 15 is 0 Å². The molecule has 4 aliphatic heterocycles. The molecule has 4 rings (SSSR count). The van der Waals surface area contributed by atoms with Gasteiger partial charge in [-0.1, -0.05) is 0 Å². The predicted molar refractivity (Wildman–Crippen MR) is 68.6 cm³/mol. The molecule has 0 spiro atoms. The summed E-state index contributed by atoms with van der Waals surface area (Å²) in [5.74, 6) is 0. The highest BCUT2D eigenvalue weighted by molar-refractivity contribution is 8.37. The van der Waals surface area contributed by atoms with E-state index in [1.54, 1.807) is 0 Å². The molecule has 13 heavy (non-hydrogen) atoms. The Hall–Kier alpha value is 1.40. The van der Waals surface area contributed by atoms with Gasteiger partial charge in [-0.05, 0) is 33.6 Å². The fourth-order valence-corrected chi connectivity index (χ4v) is 14.9. The molecule has 0 aromatic rings. The second kappa shape index (κ2) is 2.55. The summed E-state index contributed by atoms with van der Waals surface area (Å²) in [5, 5.41) is 0. The van der Waals surface area contributed by atoms with Gasteiger partial charge in [0.1, 0.15) is 0 Å². The average Bonchev–Trinajstić information content (AvgIpc) is 1.71. The Morgan fingerprint density at radius 3 is 1.85 bits per heavy atom. The molecule has 74 valence electrons. The number of rotatable bonds is 0. The maximum absolute atomic E-state index is 2.45. The van der Waals surface area contributed by atoms with Crippen molar-refractivity contribution >= 4 is 47.0 Å². The molecule has 4 heterocycles. The lowest BCUT2D eigenvalue weighted by atomic mass is 10.2. The van der Waals surface area contributed by atoms with E-state index in [0.29, 0.717) is 12.2 Å². The van der Waals surface area contributed by atoms with Crippen molar-refractivity contribution in [3.05, 3.63) is 0 Å². The van der Waals surface area contributed by atoms with Gasteiger partial charge >= 0.3 is 0 Å². The van der Waals surface area contributed by atoms with Gasteiger partial charge in [-0.15, -0.1) is 47.0 Å². The topological polar surface area (TPSA) is 0 Å². The minimum atomic E-state index is 0.517. The van der Waals surface area contributed by atoms with Crippen LogP contribution in [0.1, 0.15) is 33.6 Å². The van der Waals surface area contributed by atoms with Gasteiger partial charge in [-0.3, -0.25) is 0 Å². The first-order chi connectivity index (χ1) is 5.91. The molecular formula is C9H14S4. The van der Waals surface area contributed by atoms with E-state index in [2.05, 4.69) is 67.8 Å². The van der Waals surface area contributed by atoms with Crippen molar-refractivity contribution in [1.82, 2.24) is 0 Å². The monoisotopic (exact) mass is 250 g/mol. The largest absolute Gasteiger partial charge is 0.130 e. The fraction of sp³-hybridized carbons (Fsp3) is 1.00. The van der Waals surface area contributed by atoms with Crippen LogP contribution in [0, 0.1) is 0 Å². The van der Waals surface area contributed by atoms with Crippen LogP contribution in [0.5, 0.6) is 0 Å². The molecule has 4 saturated heterocycles. The van der Waals surface area contributed by atoms with Crippen molar-refractivity contribution in [2.24, 2.45) is 0 Å². The van der Waals surface area contributed by atoms with Gasteiger partial charge in [0.25, 0.3) is 0 Å². The third-order valence-electron chi connectivity index (χ3n) is 2.80. The summed E-state index contributed by atoms with van der Waals surface area (Å²) in [6, 6.07) is 0. The van der Waals surface area contributed by atoms with Crippen LogP contribution < -0.4 is 0 Å². The van der Waals surface area contributed by atoms with Gasteiger partial charge in [-0.25, -0.2) is 0 Å². The van der Waals surface area contributed by atoms with Crippen molar-refractivity contribution in [2.75, 3.05) is 0 Å². The average molecular weight is 250 g/mol. The van der Waals surface area contributed by atoms with Crippen LogP contribution in [0.2, 0.25) is 0 Å². The maximum atomic E-state index is 2.45. The molecule has 4 atom stereocenters. The molecule has 0 saturated carbocycles. The van der Waals surface area contributed by atoms with Crippen molar-refractivity contribution in [3.63, 3.8) is 0 Å². The smallest absolute Gasteiger partial charge is 0.0629 e. The van der Waals surface area contributed by atoms with E-state index in [0.717, 1.165) is 4.58 Å². The Bertz CT molecular complexity index is 214. The SMILES string of the molecule is CC12CC3S[C@](C)(C[C@](C)(S3)S1)S2. The molecule has 4 fully saturated rings. The second-order valence-electron chi connectivity index (χ2n) is 4.65. The summed E-state index contributed by atoms with van der Waals surface area (Å²) in [6.07, 6.45) is 2.76. The van der Waals surface area contributed by atoms with E-state index in [-0.39, 0.29) is 0 Å². The Labute approximate surface area is 97.1 Å². The minimum absolute atomic E-state index is 0.517. The zero-order valence-corrected chi connectivity index (χ0v) is 11.4. The summed E-state index contributed by atoms with van der Waals surface area (Å²) in [7, 11) is 0. The first-order valence-electron chi connectivity index (χ1n) is 4.67. The van der Waals surface area contributed by atoms with Gasteiger partial charge in [0.2, 0.25) is 0 Å². The summed E-state index contributed by atoms with van der Waals surface area (Å²) in [6.45, 7) is 7.35. The lowest BCUT2D eigenvalue weighted by Gasteiger charge is -2.62. The zero-order chi connectivity index (χ0) is 9.32. The molecule has 0 aliphatic carbocycles. The first-order valence-corrected chi connectivity index (χ1v) is 8.06. The van der Waals surface area contributed by atoms with Gasteiger partial charge in [0.05, 0.1) is 16.8 Å². The Morgan fingerprint density at radius 1 is 0.923 bits per heavy atom.